The summed E-state index contributed by atoms with van der Waals surface area (Å²) in [5.74, 6) is 0.234. The van der Waals surface area contributed by atoms with Crippen LogP contribution in [0.5, 0.6) is 0 Å². The van der Waals surface area contributed by atoms with Gasteiger partial charge in [0.05, 0.1) is 29.3 Å². The van der Waals surface area contributed by atoms with Crippen molar-refractivity contribution in [3.05, 3.63) is 64.9 Å². The molecule has 3 heterocycles. The maximum atomic E-state index is 13.7. The molecule has 0 saturated heterocycles. The second kappa shape index (κ2) is 6.74. The van der Waals surface area contributed by atoms with E-state index >= 15 is 0 Å². The van der Waals surface area contributed by atoms with Crippen molar-refractivity contribution < 1.29 is 4.79 Å². The van der Waals surface area contributed by atoms with Crippen LogP contribution in [0.4, 0.5) is 0 Å². The van der Waals surface area contributed by atoms with Gasteiger partial charge < -0.3 is 9.88 Å². The van der Waals surface area contributed by atoms with Gasteiger partial charge in [-0.3, -0.25) is 4.79 Å². The van der Waals surface area contributed by atoms with Crippen molar-refractivity contribution in [1.82, 2.24) is 14.9 Å². The first kappa shape index (κ1) is 19.9. The normalized spacial score (nSPS) is 26.7. The Morgan fingerprint density at radius 1 is 1.26 bits per heavy atom. The third kappa shape index (κ3) is 2.84. The van der Waals surface area contributed by atoms with Crippen molar-refractivity contribution in [3.63, 3.8) is 0 Å². The van der Waals surface area contributed by atoms with E-state index in [9.17, 15) is 4.79 Å². The summed E-state index contributed by atoms with van der Waals surface area (Å²) in [5.41, 5.74) is 6.66. The smallest absolute Gasteiger partial charge is 0.165 e. The zero-order valence-corrected chi connectivity index (χ0v) is 18.9. The number of aryl methyl sites for hydroxylation is 1. The molecule has 2 aromatic rings. The Morgan fingerprint density at radius 3 is 2.77 bits per heavy atom. The summed E-state index contributed by atoms with van der Waals surface area (Å²) < 4.78 is 2.02. The first-order chi connectivity index (χ1) is 14.8. The van der Waals surface area contributed by atoms with Gasteiger partial charge in [0.2, 0.25) is 0 Å². The molecular weight excluding hydrogens is 386 g/mol. The molecule has 0 radical (unpaired) electrons. The van der Waals surface area contributed by atoms with Crippen LogP contribution in [0.2, 0.25) is 0 Å². The lowest BCUT2D eigenvalue weighted by atomic mass is 9.58. The molecule has 6 nitrogen and oxygen atoms in total. The summed E-state index contributed by atoms with van der Waals surface area (Å²) in [5, 5.41) is 12.6. The van der Waals surface area contributed by atoms with Gasteiger partial charge in [0, 0.05) is 35.9 Å². The third-order valence-corrected chi connectivity index (χ3v) is 7.06. The monoisotopic (exact) mass is 415 g/mol. The number of Topliss-reactive ketones (excluding diaryl/α,β-unsaturated/α-hetero) is 1. The average Bonchev–Trinajstić information content (AvgIpc) is 3.31. The standard InChI is InChI=1S/C25H29N5O/c1-6-25(17-9-7-8-16(10-17)19-13-26-14-30(19)5)21-15(2)28-29-23(21)27-18-11-24(3,4)12-20(31)22(18)25/h7-10,13-14,23,27H,6,11-12H2,1-5H3/t23?,25-/m0/s1. The SMILES string of the molecule is CC[C@@]1(c2cccc(-c3cncn3C)c2)C2=C(CC(C)(C)CC2=O)NC2N=NC(C)=C21. The maximum absolute atomic E-state index is 13.7. The fourth-order valence-corrected chi connectivity index (χ4v) is 5.79. The molecule has 160 valence electrons. The summed E-state index contributed by atoms with van der Waals surface area (Å²) in [7, 11) is 2.00. The van der Waals surface area contributed by atoms with E-state index in [1.807, 2.05) is 31.1 Å². The van der Waals surface area contributed by atoms with Gasteiger partial charge in [-0.2, -0.15) is 10.2 Å². The summed E-state index contributed by atoms with van der Waals surface area (Å²) >= 11 is 0. The molecular formula is C25H29N5O. The summed E-state index contributed by atoms with van der Waals surface area (Å²) in [6.07, 6.45) is 5.67. The van der Waals surface area contributed by atoms with Crippen LogP contribution in [0.25, 0.3) is 11.3 Å². The van der Waals surface area contributed by atoms with Crippen LogP contribution < -0.4 is 5.32 Å². The number of benzene rings is 1. The van der Waals surface area contributed by atoms with Gasteiger partial charge in [-0.25, -0.2) is 4.98 Å². The number of nitrogens with zero attached hydrogens (tertiary/aromatic N) is 4. The number of aromatic nitrogens is 2. The van der Waals surface area contributed by atoms with Gasteiger partial charge in [-0.15, -0.1) is 0 Å². The van der Waals surface area contributed by atoms with E-state index in [4.69, 9.17) is 0 Å². The highest BCUT2D eigenvalue weighted by atomic mass is 16.1. The molecule has 2 aliphatic heterocycles. The first-order valence-electron chi connectivity index (χ1n) is 11.0. The minimum Gasteiger partial charge on any atom is -0.362 e. The predicted octanol–water partition coefficient (Wildman–Crippen LogP) is 5.05. The molecule has 1 unspecified atom stereocenters. The van der Waals surface area contributed by atoms with Crippen molar-refractivity contribution in [2.75, 3.05) is 0 Å². The van der Waals surface area contributed by atoms with Gasteiger partial charge in [0.1, 0.15) is 0 Å². The molecule has 2 atom stereocenters. The highest BCUT2D eigenvalue weighted by Gasteiger charge is 2.53. The summed E-state index contributed by atoms with van der Waals surface area (Å²) in [6, 6.07) is 8.57. The van der Waals surface area contributed by atoms with Crippen molar-refractivity contribution >= 4 is 5.78 Å². The predicted molar refractivity (Wildman–Crippen MR) is 120 cm³/mol. The largest absolute Gasteiger partial charge is 0.362 e. The molecule has 5 rings (SSSR count). The molecule has 0 bridgehead atoms. The fourth-order valence-electron chi connectivity index (χ4n) is 5.79. The van der Waals surface area contributed by atoms with Gasteiger partial charge in [-0.1, -0.05) is 39.0 Å². The number of hydrogen-bond acceptors (Lipinski definition) is 5. The van der Waals surface area contributed by atoms with Crippen molar-refractivity contribution in [3.8, 4) is 11.3 Å². The lowest BCUT2D eigenvalue weighted by Gasteiger charge is -2.48. The highest BCUT2D eigenvalue weighted by Crippen LogP contribution is 2.55. The van der Waals surface area contributed by atoms with Crippen LogP contribution in [0.3, 0.4) is 0 Å². The van der Waals surface area contributed by atoms with Crippen molar-refractivity contribution in [1.29, 1.82) is 0 Å². The number of azo groups is 1. The highest BCUT2D eigenvalue weighted by molar-refractivity contribution is 6.01. The molecule has 1 aromatic heterocycles. The number of carbonyl (C=O) groups is 1. The van der Waals surface area contributed by atoms with E-state index in [0.29, 0.717) is 6.42 Å². The number of fused-ring (bicyclic) bond motifs is 1. The number of carbonyl (C=O) groups excluding carboxylic acids is 1. The van der Waals surface area contributed by atoms with Crippen LogP contribution in [0, 0.1) is 5.41 Å². The second-order valence-electron chi connectivity index (χ2n) is 9.79. The average molecular weight is 416 g/mol. The van der Waals surface area contributed by atoms with Gasteiger partial charge in [-0.05, 0) is 36.8 Å². The Labute approximate surface area is 183 Å². The number of imidazole rings is 1. The molecule has 31 heavy (non-hydrogen) atoms. The topological polar surface area (TPSA) is 71.6 Å². The molecule has 3 aliphatic rings. The Balaban J connectivity index is 1.78. The van der Waals surface area contributed by atoms with Gasteiger partial charge >= 0.3 is 0 Å². The van der Waals surface area contributed by atoms with Crippen molar-refractivity contribution in [2.45, 2.75) is 58.5 Å². The quantitative estimate of drug-likeness (QED) is 0.763. The van der Waals surface area contributed by atoms with Crippen LogP contribution in [0.15, 0.2) is 69.6 Å². The second-order valence-corrected chi connectivity index (χ2v) is 9.79. The molecule has 1 aliphatic carbocycles. The van der Waals surface area contributed by atoms with Gasteiger partial charge in [0.25, 0.3) is 0 Å². The third-order valence-electron chi connectivity index (χ3n) is 7.06. The van der Waals surface area contributed by atoms with Crippen LogP contribution in [-0.4, -0.2) is 21.5 Å². The van der Waals surface area contributed by atoms with E-state index in [1.165, 1.54) is 0 Å². The van der Waals surface area contributed by atoms with E-state index in [-0.39, 0.29) is 17.4 Å². The van der Waals surface area contributed by atoms with Crippen LogP contribution in [0.1, 0.15) is 52.5 Å². The van der Waals surface area contributed by atoms with E-state index in [1.54, 1.807) is 0 Å². The van der Waals surface area contributed by atoms with Crippen LogP contribution in [-0.2, 0) is 17.3 Å². The molecule has 0 spiro atoms. The first-order valence-corrected chi connectivity index (χ1v) is 11.0. The Kier molecular flexibility index (Phi) is 4.33. The molecule has 6 heteroatoms. The molecule has 1 N–H and O–H groups in total. The van der Waals surface area contributed by atoms with Crippen LogP contribution >= 0.6 is 0 Å². The minimum absolute atomic E-state index is 0.0645. The van der Waals surface area contributed by atoms with Crippen molar-refractivity contribution in [2.24, 2.45) is 22.7 Å². The van der Waals surface area contributed by atoms with E-state index in [0.717, 1.165) is 52.2 Å². The maximum Gasteiger partial charge on any atom is 0.165 e. The molecule has 1 aromatic carbocycles. The summed E-state index contributed by atoms with van der Waals surface area (Å²) in [6.45, 7) is 8.52. The number of ketones is 1. The minimum atomic E-state index is -0.527. The number of nitrogens with one attached hydrogen (secondary N) is 1. The Bertz CT molecular complexity index is 1180. The fraction of sp³-hybridized carbons (Fsp3) is 0.440. The van der Waals surface area contributed by atoms with E-state index in [2.05, 4.69) is 65.6 Å². The Morgan fingerprint density at radius 2 is 2.06 bits per heavy atom. The Hall–Kier alpha value is -3.02. The number of rotatable bonds is 3. The number of hydrogen-bond donors (Lipinski definition) is 1. The zero-order valence-electron chi connectivity index (χ0n) is 18.9. The molecule has 0 amide bonds. The molecule has 0 saturated carbocycles. The summed E-state index contributed by atoms with van der Waals surface area (Å²) in [4.78, 5) is 17.9. The lowest BCUT2D eigenvalue weighted by molar-refractivity contribution is -0.119. The van der Waals surface area contributed by atoms with Gasteiger partial charge in [0.15, 0.2) is 11.9 Å². The number of allylic oxidation sites excluding steroid dienone is 3. The lowest BCUT2D eigenvalue weighted by Crippen LogP contribution is -2.51. The molecule has 0 fully saturated rings. The zero-order chi connectivity index (χ0) is 22.0. The van der Waals surface area contributed by atoms with E-state index < -0.39 is 5.41 Å².